The van der Waals surface area contributed by atoms with Gasteiger partial charge in [0.15, 0.2) is 0 Å². The summed E-state index contributed by atoms with van der Waals surface area (Å²) in [6.07, 6.45) is 3.90. The van der Waals surface area contributed by atoms with Crippen molar-refractivity contribution in [1.82, 2.24) is 10.2 Å². The van der Waals surface area contributed by atoms with Gasteiger partial charge in [0.1, 0.15) is 0 Å². The van der Waals surface area contributed by atoms with Gasteiger partial charge in [-0.1, -0.05) is 48.4 Å². The molecule has 5 heteroatoms. The van der Waals surface area contributed by atoms with Gasteiger partial charge < -0.3 is 10.6 Å². The Morgan fingerprint density at radius 3 is 2.52 bits per heavy atom. The first-order valence-corrected chi connectivity index (χ1v) is 9.18. The van der Waals surface area contributed by atoms with Gasteiger partial charge in [-0.15, -0.1) is 0 Å². The Morgan fingerprint density at radius 1 is 1.00 bits per heavy atom. The first kappa shape index (κ1) is 17.8. The summed E-state index contributed by atoms with van der Waals surface area (Å²) in [4.78, 5) is 14.6. The Morgan fingerprint density at radius 2 is 1.76 bits per heavy atom. The molecule has 1 saturated heterocycles. The Labute approximate surface area is 154 Å². The van der Waals surface area contributed by atoms with Crippen molar-refractivity contribution in [3.63, 3.8) is 0 Å². The summed E-state index contributed by atoms with van der Waals surface area (Å²) in [5.41, 5.74) is 3.13. The van der Waals surface area contributed by atoms with Crippen molar-refractivity contribution in [3.8, 4) is 0 Å². The van der Waals surface area contributed by atoms with E-state index in [1.165, 1.54) is 24.8 Å². The molecule has 2 aromatic carbocycles. The van der Waals surface area contributed by atoms with Crippen LogP contribution in [0, 0.1) is 0 Å². The number of carbonyl (C=O) groups excluding carboxylic acids is 1. The van der Waals surface area contributed by atoms with E-state index >= 15 is 0 Å². The number of rotatable bonds is 5. The van der Waals surface area contributed by atoms with Gasteiger partial charge in [-0.05, 0) is 55.3 Å². The molecular formula is C20H24ClN3O. The van der Waals surface area contributed by atoms with E-state index in [2.05, 4.69) is 33.7 Å². The minimum Gasteiger partial charge on any atom is -0.334 e. The summed E-state index contributed by atoms with van der Waals surface area (Å²) in [7, 11) is 0. The summed E-state index contributed by atoms with van der Waals surface area (Å²) >= 11 is 5.94. The second kappa shape index (κ2) is 8.88. The van der Waals surface area contributed by atoms with Gasteiger partial charge in [0, 0.05) is 23.8 Å². The molecule has 1 heterocycles. The number of amides is 2. The number of hydrogen-bond donors (Lipinski definition) is 2. The van der Waals surface area contributed by atoms with Crippen LogP contribution >= 0.6 is 11.6 Å². The second-order valence-corrected chi connectivity index (χ2v) is 6.86. The highest BCUT2D eigenvalue weighted by atomic mass is 35.5. The predicted octanol–water partition coefficient (Wildman–Crippen LogP) is 4.65. The van der Waals surface area contributed by atoms with Crippen molar-refractivity contribution in [2.24, 2.45) is 0 Å². The molecule has 0 unspecified atom stereocenters. The Kier molecular flexibility index (Phi) is 6.31. The van der Waals surface area contributed by atoms with Crippen LogP contribution in [0.5, 0.6) is 0 Å². The fourth-order valence-electron chi connectivity index (χ4n) is 3.16. The van der Waals surface area contributed by atoms with Crippen molar-refractivity contribution in [1.29, 1.82) is 0 Å². The van der Waals surface area contributed by atoms with Crippen LogP contribution in [-0.4, -0.2) is 24.0 Å². The number of benzene rings is 2. The average molecular weight is 358 g/mol. The van der Waals surface area contributed by atoms with E-state index in [0.717, 1.165) is 25.2 Å². The minimum absolute atomic E-state index is 0.227. The van der Waals surface area contributed by atoms with Crippen molar-refractivity contribution < 1.29 is 4.79 Å². The maximum Gasteiger partial charge on any atom is 0.319 e. The average Bonchev–Trinajstić information content (AvgIpc) is 2.62. The first-order valence-electron chi connectivity index (χ1n) is 8.80. The molecule has 0 saturated carbocycles. The SMILES string of the molecule is O=C(NCc1ccccc1CN1CCCCC1)Nc1cccc(Cl)c1. The van der Waals surface area contributed by atoms with Crippen LogP contribution in [0.4, 0.5) is 10.5 Å². The van der Waals surface area contributed by atoms with E-state index in [4.69, 9.17) is 11.6 Å². The number of carbonyl (C=O) groups is 1. The van der Waals surface area contributed by atoms with Gasteiger partial charge in [-0.2, -0.15) is 0 Å². The van der Waals surface area contributed by atoms with Crippen molar-refractivity contribution in [3.05, 3.63) is 64.7 Å². The number of piperidine rings is 1. The van der Waals surface area contributed by atoms with E-state index in [9.17, 15) is 4.79 Å². The molecule has 0 bridgehead atoms. The lowest BCUT2D eigenvalue weighted by molar-refractivity contribution is 0.220. The maximum absolute atomic E-state index is 12.1. The molecule has 0 atom stereocenters. The Bertz CT molecular complexity index is 714. The van der Waals surface area contributed by atoms with Crippen molar-refractivity contribution >= 4 is 23.3 Å². The summed E-state index contributed by atoms with van der Waals surface area (Å²) in [6.45, 7) is 3.79. The molecule has 3 rings (SSSR count). The largest absolute Gasteiger partial charge is 0.334 e. The molecule has 0 spiro atoms. The number of urea groups is 1. The smallest absolute Gasteiger partial charge is 0.319 e. The van der Waals surface area contributed by atoms with Gasteiger partial charge >= 0.3 is 6.03 Å². The lowest BCUT2D eigenvalue weighted by Gasteiger charge is -2.27. The lowest BCUT2D eigenvalue weighted by atomic mass is 10.0. The first-order chi connectivity index (χ1) is 12.2. The quantitative estimate of drug-likeness (QED) is 0.818. The number of hydrogen-bond acceptors (Lipinski definition) is 2. The molecule has 2 amide bonds. The van der Waals surface area contributed by atoms with Crippen LogP contribution in [0.2, 0.25) is 5.02 Å². The van der Waals surface area contributed by atoms with E-state index < -0.39 is 0 Å². The van der Waals surface area contributed by atoms with Gasteiger partial charge in [-0.3, -0.25) is 4.90 Å². The van der Waals surface area contributed by atoms with Crippen LogP contribution in [0.3, 0.4) is 0 Å². The van der Waals surface area contributed by atoms with E-state index in [1.807, 2.05) is 18.2 Å². The zero-order chi connectivity index (χ0) is 17.5. The van der Waals surface area contributed by atoms with Crippen molar-refractivity contribution in [2.45, 2.75) is 32.4 Å². The molecular weight excluding hydrogens is 334 g/mol. The fourth-order valence-corrected chi connectivity index (χ4v) is 3.35. The van der Waals surface area contributed by atoms with Gasteiger partial charge in [0.2, 0.25) is 0 Å². The second-order valence-electron chi connectivity index (χ2n) is 6.42. The fraction of sp³-hybridized carbons (Fsp3) is 0.350. The summed E-state index contributed by atoms with van der Waals surface area (Å²) < 4.78 is 0. The Hall–Kier alpha value is -2.04. The number of halogens is 1. The summed E-state index contributed by atoms with van der Waals surface area (Å²) in [5, 5.41) is 6.34. The van der Waals surface area contributed by atoms with Gasteiger partial charge in [-0.25, -0.2) is 4.79 Å². The van der Waals surface area contributed by atoms with E-state index in [0.29, 0.717) is 17.3 Å². The van der Waals surface area contributed by atoms with Gasteiger partial charge in [0.05, 0.1) is 0 Å². The monoisotopic (exact) mass is 357 g/mol. The number of nitrogens with zero attached hydrogens (tertiary/aromatic N) is 1. The normalized spacial score (nSPS) is 14.9. The van der Waals surface area contributed by atoms with Crippen LogP contribution in [0.1, 0.15) is 30.4 Å². The third-order valence-electron chi connectivity index (χ3n) is 4.48. The lowest BCUT2D eigenvalue weighted by Crippen LogP contribution is -2.31. The molecule has 2 aromatic rings. The maximum atomic E-state index is 12.1. The third-order valence-corrected chi connectivity index (χ3v) is 4.72. The summed E-state index contributed by atoms with van der Waals surface area (Å²) in [5.74, 6) is 0. The van der Waals surface area contributed by atoms with Crippen LogP contribution < -0.4 is 10.6 Å². The van der Waals surface area contributed by atoms with Gasteiger partial charge in [0.25, 0.3) is 0 Å². The molecule has 1 fully saturated rings. The van der Waals surface area contributed by atoms with E-state index in [-0.39, 0.29) is 6.03 Å². The molecule has 1 aliphatic heterocycles. The Balaban J connectivity index is 1.56. The summed E-state index contributed by atoms with van der Waals surface area (Å²) in [6, 6.07) is 15.2. The molecule has 132 valence electrons. The standard InChI is InChI=1S/C20H24ClN3O/c21-18-9-6-10-19(13-18)23-20(25)22-14-16-7-2-3-8-17(16)15-24-11-4-1-5-12-24/h2-3,6-10,13H,1,4-5,11-12,14-15H2,(H2,22,23,25). The molecule has 25 heavy (non-hydrogen) atoms. The molecule has 0 aliphatic carbocycles. The highest BCUT2D eigenvalue weighted by Gasteiger charge is 2.12. The number of likely N-dealkylation sites (tertiary alicyclic amines) is 1. The highest BCUT2D eigenvalue weighted by molar-refractivity contribution is 6.30. The molecule has 0 aromatic heterocycles. The molecule has 4 nitrogen and oxygen atoms in total. The molecule has 0 radical (unpaired) electrons. The third kappa shape index (κ3) is 5.48. The van der Waals surface area contributed by atoms with Crippen molar-refractivity contribution in [2.75, 3.05) is 18.4 Å². The number of anilines is 1. The van der Waals surface area contributed by atoms with Crippen LogP contribution in [-0.2, 0) is 13.1 Å². The number of nitrogens with one attached hydrogen (secondary N) is 2. The topological polar surface area (TPSA) is 44.4 Å². The van der Waals surface area contributed by atoms with Crippen LogP contribution in [0.25, 0.3) is 0 Å². The molecule has 2 N–H and O–H groups in total. The van der Waals surface area contributed by atoms with E-state index in [1.54, 1.807) is 12.1 Å². The zero-order valence-electron chi connectivity index (χ0n) is 14.3. The molecule has 1 aliphatic rings. The zero-order valence-corrected chi connectivity index (χ0v) is 15.1. The minimum atomic E-state index is -0.227. The highest BCUT2D eigenvalue weighted by Crippen LogP contribution is 2.17. The predicted molar refractivity (Wildman–Crippen MR) is 103 cm³/mol. The van der Waals surface area contributed by atoms with Crippen LogP contribution in [0.15, 0.2) is 48.5 Å².